The van der Waals surface area contributed by atoms with Crippen molar-refractivity contribution in [3.8, 4) is 0 Å². The van der Waals surface area contributed by atoms with Crippen LogP contribution >= 0.6 is 0 Å². The minimum absolute atomic E-state index is 0.810. The first kappa shape index (κ1) is 9.71. The number of piperidine rings is 1. The summed E-state index contributed by atoms with van der Waals surface area (Å²) in [5.74, 6) is 0.810. The van der Waals surface area contributed by atoms with Gasteiger partial charge in [-0.15, -0.1) is 0 Å². The van der Waals surface area contributed by atoms with Crippen molar-refractivity contribution >= 4 is 5.69 Å². The number of hydrogen-bond acceptors (Lipinski definition) is 1. The van der Waals surface area contributed by atoms with Gasteiger partial charge in [0.05, 0.1) is 0 Å². The smallest absolute Gasteiger partial charge is 0.0394 e. The SMILES string of the molecule is C1=CCC2CCN(c3ccccc3)CC2=C1. The predicted molar refractivity (Wildman–Crippen MR) is 68.6 cm³/mol. The van der Waals surface area contributed by atoms with E-state index in [1.165, 1.54) is 25.1 Å². The van der Waals surface area contributed by atoms with Crippen molar-refractivity contribution in [2.45, 2.75) is 12.8 Å². The van der Waals surface area contributed by atoms with E-state index in [9.17, 15) is 0 Å². The highest BCUT2D eigenvalue weighted by Gasteiger charge is 2.23. The lowest BCUT2D eigenvalue weighted by Gasteiger charge is -2.36. The largest absolute Gasteiger partial charge is 0.367 e. The lowest BCUT2D eigenvalue weighted by molar-refractivity contribution is 0.502. The Morgan fingerprint density at radius 1 is 1.12 bits per heavy atom. The summed E-state index contributed by atoms with van der Waals surface area (Å²) in [5, 5.41) is 0. The highest BCUT2D eigenvalue weighted by Crippen LogP contribution is 2.31. The van der Waals surface area contributed by atoms with Gasteiger partial charge in [-0.25, -0.2) is 0 Å². The number of para-hydroxylation sites is 1. The molecule has 1 unspecified atom stereocenters. The zero-order valence-corrected chi connectivity index (χ0v) is 9.47. The van der Waals surface area contributed by atoms with Crippen LogP contribution in [0, 0.1) is 5.92 Å². The maximum absolute atomic E-state index is 2.49. The molecule has 1 saturated heterocycles. The fourth-order valence-electron chi connectivity index (χ4n) is 2.68. The molecule has 1 aliphatic carbocycles. The van der Waals surface area contributed by atoms with Crippen LogP contribution in [0.25, 0.3) is 0 Å². The van der Waals surface area contributed by atoms with Gasteiger partial charge in [0, 0.05) is 18.8 Å². The first-order valence-electron chi connectivity index (χ1n) is 6.09. The lowest BCUT2D eigenvalue weighted by Crippen LogP contribution is -2.35. The van der Waals surface area contributed by atoms with E-state index in [0.29, 0.717) is 0 Å². The highest BCUT2D eigenvalue weighted by molar-refractivity contribution is 5.49. The number of benzene rings is 1. The van der Waals surface area contributed by atoms with Gasteiger partial charge < -0.3 is 4.90 Å². The molecule has 1 aliphatic heterocycles. The Morgan fingerprint density at radius 3 is 2.88 bits per heavy atom. The molecule has 82 valence electrons. The lowest BCUT2D eigenvalue weighted by atomic mass is 9.85. The van der Waals surface area contributed by atoms with Crippen molar-refractivity contribution in [3.05, 3.63) is 54.1 Å². The fourth-order valence-corrected chi connectivity index (χ4v) is 2.68. The second-order valence-corrected chi connectivity index (χ2v) is 4.65. The summed E-state index contributed by atoms with van der Waals surface area (Å²) in [6, 6.07) is 10.7. The van der Waals surface area contributed by atoms with Gasteiger partial charge in [0.1, 0.15) is 0 Å². The van der Waals surface area contributed by atoms with Crippen molar-refractivity contribution in [1.29, 1.82) is 0 Å². The minimum Gasteiger partial charge on any atom is -0.367 e. The van der Waals surface area contributed by atoms with Gasteiger partial charge in [0.2, 0.25) is 0 Å². The highest BCUT2D eigenvalue weighted by atomic mass is 15.1. The number of rotatable bonds is 1. The van der Waals surface area contributed by atoms with Crippen molar-refractivity contribution < 1.29 is 0 Å². The van der Waals surface area contributed by atoms with E-state index in [1.807, 2.05) is 0 Å². The first-order valence-corrected chi connectivity index (χ1v) is 6.09. The number of hydrogen-bond donors (Lipinski definition) is 0. The van der Waals surface area contributed by atoms with Gasteiger partial charge in [-0.2, -0.15) is 0 Å². The van der Waals surface area contributed by atoms with Crippen LogP contribution in [0.1, 0.15) is 12.8 Å². The second-order valence-electron chi connectivity index (χ2n) is 4.65. The third kappa shape index (κ3) is 1.78. The van der Waals surface area contributed by atoms with E-state index >= 15 is 0 Å². The maximum atomic E-state index is 2.49. The summed E-state index contributed by atoms with van der Waals surface area (Å²) in [5.41, 5.74) is 2.97. The van der Waals surface area contributed by atoms with E-state index in [2.05, 4.69) is 53.5 Å². The quantitative estimate of drug-likeness (QED) is 0.688. The minimum atomic E-state index is 0.810. The molecule has 1 fully saturated rings. The van der Waals surface area contributed by atoms with Gasteiger partial charge in [-0.3, -0.25) is 0 Å². The number of allylic oxidation sites excluding steroid dienone is 3. The van der Waals surface area contributed by atoms with E-state index in [4.69, 9.17) is 0 Å². The summed E-state index contributed by atoms with van der Waals surface area (Å²) in [4.78, 5) is 2.49. The first-order chi connectivity index (χ1) is 7.93. The molecule has 16 heavy (non-hydrogen) atoms. The molecule has 1 aromatic carbocycles. The van der Waals surface area contributed by atoms with Crippen LogP contribution in [-0.2, 0) is 0 Å². The van der Waals surface area contributed by atoms with Crippen LogP contribution in [0.4, 0.5) is 5.69 Å². The average molecular weight is 211 g/mol. The third-order valence-corrected chi connectivity index (χ3v) is 3.63. The summed E-state index contributed by atoms with van der Waals surface area (Å²) < 4.78 is 0. The molecule has 1 atom stereocenters. The molecule has 2 aliphatic rings. The van der Waals surface area contributed by atoms with E-state index in [-0.39, 0.29) is 0 Å². The summed E-state index contributed by atoms with van der Waals surface area (Å²) in [7, 11) is 0. The average Bonchev–Trinajstić information content (AvgIpc) is 2.39. The molecule has 3 rings (SSSR count). The van der Waals surface area contributed by atoms with Gasteiger partial charge in [-0.05, 0) is 36.5 Å². The van der Waals surface area contributed by atoms with Crippen molar-refractivity contribution in [2.24, 2.45) is 5.92 Å². The number of fused-ring (bicyclic) bond motifs is 1. The van der Waals surface area contributed by atoms with Crippen LogP contribution in [-0.4, -0.2) is 13.1 Å². The molecule has 0 bridgehead atoms. The fraction of sp³-hybridized carbons (Fsp3) is 0.333. The Balaban J connectivity index is 1.80. The molecule has 0 N–H and O–H groups in total. The molecule has 1 heteroatoms. The van der Waals surface area contributed by atoms with Crippen molar-refractivity contribution in [1.82, 2.24) is 0 Å². The Bertz CT molecular complexity index is 416. The normalized spacial score (nSPS) is 23.9. The Kier molecular flexibility index (Phi) is 2.53. The standard InChI is InChI=1S/C15H17N/c1-2-8-15(9-3-1)16-11-10-13-6-4-5-7-14(13)12-16/h1-5,7-9,13H,6,10-12H2. The summed E-state index contributed by atoms with van der Waals surface area (Å²) >= 11 is 0. The Morgan fingerprint density at radius 2 is 2.00 bits per heavy atom. The van der Waals surface area contributed by atoms with Crippen molar-refractivity contribution in [3.63, 3.8) is 0 Å². The summed E-state index contributed by atoms with van der Waals surface area (Å²) in [6.07, 6.45) is 9.36. The topological polar surface area (TPSA) is 3.24 Å². The monoisotopic (exact) mass is 211 g/mol. The third-order valence-electron chi connectivity index (χ3n) is 3.63. The van der Waals surface area contributed by atoms with Crippen LogP contribution < -0.4 is 4.90 Å². The van der Waals surface area contributed by atoms with E-state index in [0.717, 1.165) is 12.5 Å². The van der Waals surface area contributed by atoms with E-state index < -0.39 is 0 Å². The predicted octanol–water partition coefficient (Wildman–Crippen LogP) is 3.40. The molecule has 0 amide bonds. The molecule has 1 aromatic rings. The molecular formula is C15H17N. The van der Waals surface area contributed by atoms with Crippen LogP contribution in [0.15, 0.2) is 54.1 Å². The molecular weight excluding hydrogens is 194 g/mol. The van der Waals surface area contributed by atoms with Crippen molar-refractivity contribution in [2.75, 3.05) is 18.0 Å². The zero-order valence-electron chi connectivity index (χ0n) is 9.47. The molecule has 0 spiro atoms. The van der Waals surface area contributed by atoms with Gasteiger partial charge in [0.15, 0.2) is 0 Å². The number of anilines is 1. The van der Waals surface area contributed by atoms with Crippen LogP contribution in [0.2, 0.25) is 0 Å². The van der Waals surface area contributed by atoms with Gasteiger partial charge >= 0.3 is 0 Å². The summed E-state index contributed by atoms with van der Waals surface area (Å²) in [6.45, 7) is 2.30. The molecule has 0 aromatic heterocycles. The Hall–Kier alpha value is -1.50. The van der Waals surface area contributed by atoms with E-state index in [1.54, 1.807) is 5.57 Å². The molecule has 1 nitrogen and oxygen atoms in total. The molecule has 0 radical (unpaired) electrons. The molecule has 1 heterocycles. The van der Waals surface area contributed by atoms with Gasteiger partial charge in [0.25, 0.3) is 0 Å². The van der Waals surface area contributed by atoms with Crippen LogP contribution in [0.3, 0.4) is 0 Å². The Labute approximate surface area is 97.1 Å². The second kappa shape index (κ2) is 4.17. The van der Waals surface area contributed by atoms with Gasteiger partial charge in [-0.1, -0.05) is 36.4 Å². The zero-order chi connectivity index (χ0) is 10.8. The molecule has 0 saturated carbocycles. The number of nitrogens with zero attached hydrogens (tertiary/aromatic N) is 1. The van der Waals surface area contributed by atoms with Crippen LogP contribution in [0.5, 0.6) is 0 Å². The maximum Gasteiger partial charge on any atom is 0.0394 e.